The maximum Gasteiger partial charge on any atom is 0.254 e. The van der Waals surface area contributed by atoms with Crippen molar-refractivity contribution in [2.75, 3.05) is 13.1 Å². The topological polar surface area (TPSA) is 45.6 Å². The highest BCUT2D eigenvalue weighted by Gasteiger charge is 2.36. The van der Waals surface area contributed by atoms with Gasteiger partial charge in [0.15, 0.2) is 0 Å². The Morgan fingerprint density at radius 1 is 0.938 bits per heavy atom. The number of carbonyl (C=O) groups is 2. The smallest absolute Gasteiger partial charge is 0.254 e. The number of amides is 2. The predicted molar refractivity (Wildman–Crippen MR) is 126 cm³/mol. The molecule has 1 atom stereocenters. The first-order valence-electron chi connectivity index (χ1n) is 11.1. The van der Waals surface area contributed by atoms with Crippen LogP contribution in [0.2, 0.25) is 0 Å². The molecule has 166 valence electrons. The van der Waals surface area contributed by atoms with E-state index in [1.807, 2.05) is 81.1 Å². The van der Waals surface area contributed by atoms with E-state index in [1.165, 1.54) is 0 Å². The van der Waals surface area contributed by atoms with Gasteiger partial charge in [0.2, 0.25) is 5.91 Å². The molecule has 0 fully saturated rings. The van der Waals surface area contributed by atoms with Crippen LogP contribution in [0, 0.1) is 6.92 Å². The molecule has 5 heteroatoms. The van der Waals surface area contributed by atoms with E-state index in [1.54, 1.807) is 4.90 Å². The molecule has 32 heavy (non-hydrogen) atoms. The highest BCUT2D eigenvalue weighted by molar-refractivity contribution is 5.97. The average Bonchev–Trinajstić information content (AvgIpc) is 3.25. The minimum absolute atomic E-state index is 0.0401. The van der Waals surface area contributed by atoms with Crippen LogP contribution in [-0.2, 0) is 11.3 Å². The summed E-state index contributed by atoms with van der Waals surface area (Å²) in [5, 5.41) is 0. The van der Waals surface area contributed by atoms with Crippen molar-refractivity contribution in [1.29, 1.82) is 0 Å². The number of rotatable bonds is 4. The van der Waals surface area contributed by atoms with Crippen molar-refractivity contribution in [1.82, 2.24) is 14.4 Å². The molecule has 0 N–H and O–H groups in total. The van der Waals surface area contributed by atoms with Crippen LogP contribution in [0.1, 0.15) is 54.0 Å². The fraction of sp³-hybridized carbons (Fsp3) is 0.333. The second-order valence-electron chi connectivity index (χ2n) is 9.45. The Morgan fingerprint density at radius 2 is 1.62 bits per heavy atom. The first kappa shape index (κ1) is 21.9. The lowest BCUT2D eigenvalue weighted by Crippen LogP contribution is -2.53. The van der Waals surface area contributed by atoms with Crippen molar-refractivity contribution in [3.05, 3.63) is 95.3 Å². The summed E-state index contributed by atoms with van der Waals surface area (Å²) >= 11 is 0. The highest BCUT2D eigenvalue weighted by Crippen LogP contribution is 2.33. The quantitative estimate of drug-likeness (QED) is 0.605. The van der Waals surface area contributed by atoms with E-state index in [9.17, 15) is 9.59 Å². The Labute approximate surface area is 190 Å². The van der Waals surface area contributed by atoms with Crippen LogP contribution in [0.3, 0.4) is 0 Å². The summed E-state index contributed by atoms with van der Waals surface area (Å²) in [6, 6.07) is 21.6. The first-order valence-corrected chi connectivity index (χ1v) is 11.1. The molecule has 0 unspecified atom stereocenters. The largest absolute Gasteiger partial charge is 0.348 e. The van der Waals surface area contributed by atoms with Crippen LogP contribution in [0.4, 0.5) is 0 Å². The monoisotopic (exact) mass is 429 g/mol. The molecule has 1 aromatic heterocycles. The predicted octanol–water partition coefficient (Wildman–Crippen LogP) is 4.67. The molecule has 1 aliphatic rings. The maximum atomic E-state index is 13.7. The average molecular weight is 430 g/mol. The minimum atomic E-state index is -0.490. The molecule has 3 aromatic rings. The molecule has 2 amide bonds. The lowest BCUT2D eigenvalue weighted by atomic mass is 9.99. The minimum Gasteiger partial charge on any atom is -0.348 e. The molecule has 0 saturated carbocycles. The van der Waals surface area contributed by atoms with Gasteiger partial charge in [-0.25, -0.2) is 0 Å². The molecule has 5 nitrogen and oxygen atoms in total. The van der Waals surface area contributed by atoms with E-state index in [0.29, 0.717) is 12.1 Å². The van der Waals surface area contributed by atoms with Crippen molar-refractivity contribution < 1.29 is 9.59 Å². The highest BCUT2D eigenvalue weighted by atomic mass is 16.2. The van der Waals surface area contributed by atoms with Gasteiger partial charge in [0.1, 0.15) is 6.54 Å². The number of fused-ring (bicyclic) bond motifs is 1. The molecule has 0 saturated heterocycles. The van der Waals surface area contributed by atoms with Crippen molar-refractivity contribution in [3.8, 4) is 0 Å². The Bertz CT molecular complexity index is 1090. The van der Waals surface area contributed by atoms with Crippen LogP contribution < -0.4 is 0 Å². The molecule has 2 heterocycles. The normalized spacial score (nSPS) is 15.9. The third kappa shape index (κ3) is 4.33. The zero-order chi connectivity index (χ0) is 22.9. The van der Waals surface area contributed by atoms with Crippen LogP contribution in [0.15, 0.2) is 72.9 Å². The van der Waals surface area contributed by atoms with Crippen molar-refractivity contribution in [3.63, 3.8) is 0 Å². The second kappa shape index (κ2) is 8.65. The molecular formula is C27H31N3O2. The summed E-state index contributed by atoms with van der Waals surface area (Å²) in [6.45, 7) is 9.32. The number of benzene rings is 2. The first-order chi connectivity index (χ1) is 15.3. The van der Waals surface area contributed by atoms with Gasteiger partial charge in [-0.2, -0.15) is 0 Å². The van der Waals surface area contributed by atoms with Gasteiger partial charge in [0.25, 0.3) is 5.91 Å². The van der Waals surface area contributed by atoms with Gasteiger partial charge in [0.05, 0.1) is 6.04 Å². The van der Waals surface area contributed by atoms with Gasteiger partial charge in [0, 0.05) is 36.1 Å². The number of hydrogen-bond acceptors (Lipinski definition) is 2. The summed E-state index contributed by atoms with van der Waals surface area (Å²) < 4.78 is 2.21. The van der Waals surface area contributed by atoms with Gasteiger partial charge in [-0.15, -0.1) is 0 Å². The third-order valence-corrected chi connectivity index (χ3v) is 6.12. The molecule has 0 bridgehead atoms. The molecular weight excluding hydrogens is 398 g/mol. The second-order valence-corrected chi connectivity index (χ2v) is 9.45. The van der Waals surface area contributed by atoms with E-state index in [2.05, 4.69) is 29.0 Å². The third-order valence-electron chi connectivity index (χ3n) is 6.12. The van der Waals surface area contributed by atoms with Gasteiger partial charge >= 0.3 is 0 Å². The zero-order valence-corrected chi connectivity index (χ0v) is 19.3. The molecule has 0 aliphatic carbocycles. The summed E-state index contributed by atoms with van der Waals surface area (Å²) in [7, 11) is 0. The van der Waals surface area contributed by atoms with Crippen molar-refractivity contribution in [2.45, 2.75) is 45.8 Å². The van der Waals surface area contributed by atoms with E-state index >= 15 is 0 Å². The van der Waals surface area contributed by atoms with Gasteiger partial charge in [-0.05, 0) is 57.5 Å². The van der Waals surface area contributed by atoms with Crippen molar-refractivity contribution >= 4 is 11.8 Å². The molecule has 2 aromatic carbocycles. The number of aromatic nitrogens is 1. The Kier molecular flexibility index (Phi) is 5.92. The summed E-state index contributed by atoms with van der Waals surface area (Å²) in [5.74, 6) is -0.163. The molecule has 0 radical (unpaired) electrons. The molecule has 4 rings (SSSR count). The van der Waals surface area contributed by atoms with Gasteiger partial charge in [-0.1, -0.05) is 48.0 Å². The number of hydrogen-bond donors (Lipinski definition) is 0. The standard InChI is InChI=1S/C27H31N3O2/c1-20-12-14-22(15-13-20)26(32)30(27(2,3)4)19-24(31)29-18-17-28-16-8-11-23(28)25(29)21-9-6-5-7-10-21/h5-16,25H,17-19H2,1-4H3/t25-/m0/s1. The Hall–Kier alpha value is -3.34. The van der Waals surface area contributed by atoms with E-state index < -0.39 is 5.54 Å². The van der Waals surface area contributed by atoms with E-state index in [4.69, 9.17) is 0 Å². The maximum absolute atomic E-state index is 13.7. The number of carbonyl (C=O) groups excluding carboxylic acids is 2. The van der Waals surface area contributed by atoms with Crippen LogP contribution in [-0.4, -0.2) is 44.8 Å². The Balaban J connectivity index is 1.64. The molecule has 1 aliphatic heterocycles. The lowest BCUT2D eigenvalue weighted by Gasteiger charge is -2.41. The van der Waals surface area contributed by atoms with Crippen LogP contribution in [0.5, 0.6) is 0 Å². The van der Waals surface area contributed by atoms with Gasteiger partial charge < -0.3 is 14.4 Å². The fourth-order valence-electron chi connectivity index (χ4n) is 4.33. The van der Waals surface area contributed by atoms with E-state index in [-0.39, 0.29) is 24.4 Å². The summed E-state index contributed by atoms with van der Waals surface area (Å²) in [4.78, 5) is 30.7. The summed E-state index contributed by atoms with van der Waals surface area (Å²) in [5.41, 5.74) is 3.39. The summed E-state index contributed by atoms with van der Waals surface area (Å²) in [6.07, 6.45) is 2.06. The molecule has 0 spiro atoms. The van der Waals surface area contributed by atoms with Crippen molar-refractivity contribution in [2.24, 2.45) is 0 Å². The zero-order valence-electron chi connectivity index (χ0n) is 19.3. The SMILES string of the molecule is Cc1ccc(C(=O)N(CC(=O)N2CCn3cccc3[C@@H]2c2ccccc2)C(C)(C)C)cc1. The van der Waals surface area contributed by atoms with E-state index in [0.717, 1.165) is 23.4 Å². The number of aryl methyl sites for hydroxylation is 1. The van der Waals surface area contributed by atoms with Crippen LogP contribution in [0.25, 0.3) is 0 Å². The number of nitrogens with zero attached hydrogens (tertiary/aromatic N) is 3. The lowest BCUT2D eigenvalue weighted by molar-refractivity contribution is -0.135. The Morgan fingerprint density at radius 3 is 2.28 bits per heavy atom. The van der Waals surface area contributed by atoms with Gasteiger partial charge in [-0.3, -0.25) is 9.59 Å². The van der Waals surface area contributed by atoms with Crippen LogP contribution >= 0.6 is 0 Å². The fourth-order valence-corrected chi connectivity index (χ4v) is 4.33.